The molecular weight excluding hydrogens is 493 g/mol. The van der Waals surface area contributed by atoms with Crippen molar-refractivity contribution in [2.45, 2.75) is 33.0 Å². The topological polar surface area (TPSA) is 74.5 Å². The second-order valence-electron chi connectivity index (χ2n) is 10.2. The van der Waals surface area contributed by atoms with Gasteiger partial charge < -0.3 is 9.67 Å². The Bertz CT molecular complexity index is 1390. The summed E-state index contributed by atoms with van der Waals surface area (Å²) in [7, 11) is 0. The average molecular weight is 528 g/mol. The molecule has 5 rings (SSSR count). The van der Waals surface area contributed by atoms with Gasteiger partial charge in [-0.2, -0.15) is 0 Å². The number of aliphatic hydroxyl groups excluding tert-OH is 1. The number of hydrogen-bond acceptors (Lipinski definition) is 6. The van der Waals surface area contributed by atoms with Crippen LogP contribution in [-0.4, -0.2) is 68.0 Å². The summed E-state index contributed by atoms with van der Waals surface area (Å²) in [5.41, 5.74) is 5.71. The lowest BCUT2D eigenvalue weighted by atomic mass is 10.1. The van der Waals surface area contributed by atoms with E-state index < -0.39 is 6.61 Å². The number of ketones is 1. The van der Waals surface area contributed by atoms with Crippen molar-refractivity contribution in [1.82, 2.24) is 24.3 Å². The number of benzene rings is 2. The molecule has 1 N–H and O–H groups in total. The lowest BCUT2D eigenvalue weighted by Crippen LogP contribution is -2.45. The average Bonchev–Trinajstić information content (AvgIpc) is 3.36. The Balaban J connectivity index is 1.31. The molecule has 2 aromatic carbocycles. The minimum atomic E-state index is -0.552. The van der Waals surface area contributed by atoms with E-state index in [9.17, 15) is 14.3 Å². The highest BCUT2D eigenvalue weighted by Gasteiger charge is 2.21. The van der Waals surface area contributed by atoms with Gasteiger partial charge in [-0.15, -0.1) is 0 Å². The van der Waals surface area contributed by atoms with Gasteiger partial charge in [0, 0.05) is 57.6 Å². The molecular formula is C31H34FN5O2. The van der Waals surface area contributed by atoms with E-state index >= 15 is 0 Å². The third-order valence-electron chi connectivity index (χ3n) is 7.31. The zero-order chi connectivity index (χ0) is 27.2. The summed E-state index contributed by atoms with van der Waals surface area (Å²) in [5.74, 6) is 0.0725. The van der Waals surface area contributed by atoms with Crippen LogP contribution in [0.3, 0.4) is 0 Å². The van der Waals surface area contributed by atoms with Gasteiger partial charge in [0.2, 0.25) is 0 Å². The molecule has 3 heterocycles. The Hall–Kier alpha value is -3.72. The Morgan fingerprint density at radius 2 is 1.56 bits per heavy atom. The Morgan fingerprint density at radius 3 is 2.26 bits per heavy atom. The molecule has 0 radical (unpaired) electrons. The third kappa shape index (κ3) is 6.84. The molecule has 1 aliphatic rings. The Labute approximate surface area is 228 Å². The van der Waals surface area contributed by atoms with Crippen LogP contribution in [0.15, 0.2) is 73.1 Å². The number of pyridine rings is 1. The molecule has 0 amide bonds. The van der Waals surface area contributed by atoms with E-state index in [0.29, 0.717) is 30.0 Å². The number of aromatic nitrogens is 3. The number of aliphatic hydroxyl groups is 1. The summed E-state index contributed by atoms with van der Waals surface area (Å²) in [6.45, 7) is 7.83. The van der Waals surface area contributed by atoms with Crippen molar-refractivity contribution in [3.8, 4) is 11.5 Å². The number of aryl methyl sites for hydroxylation is 2. The second kappa shape index (κ2) is 12.4. The summed E-state index contributed by atoms with van der Waals surface area (Å²) in [6, 6.07) is 18.6. The predicted octanol–water partition coefficient (Wildman–Crippen LogP) is 4.13. The number of Topliss-reactive ketones (excluding diaryl/α,β-unsaturated/α-hetero) is 1. The summed E-state index contributed by atoms with van der Waals surface area (Å²) < 4.78 is 15.6. The SMILES string of the molecule is Cc1ccc(CN2CCN(Cc3cnc(-c4cc(C(=O)CO)ccn4)n3CCc3ccc(F)cc3)CC2)cc1. The molecule has 0 saturated carbocycles. The fraction of sp³-hybridized carbons (Fsp3) is 0.323. The molecule has 4 aromatic rings. The molecule has 8 heteroatoms. The molecule has 202 valence electrons. The van der Waals surface area contributed by atoms with Crippen LogP contribution >= 0.6 is 0 Å². The Morgan fingerprint density at radius 1 is 0.897 bits per heavy atom. The molecule has 7 nitrogen and oxygen atoms in total. The van der Waals surface area contributed by atoms with E-state index in [0.717, 1.165) is 50.5 Å². The van der Waals surface area contributed by atoms with Crippen molar-refractivity contribution in [2.75, 3.05) is 32.8 Å². The number of carbonyl (C=O) groups excluding carboxylic acids is 1. The van der Waals surface area contributed by atoms with Gasteiger partial charge in [-0.1, -0.05) is 42.0 Å². The van der Waals surface area contributed by atoms with E-state index in [1.54, 1.807) is 30.5 Å². The van der Waals surface area contributed by atoms with Crippen molar-refractivity contribution in [3.05, 3.63) is 107 Å². The summed E-state index contributed by atoms with van der Waals surface area (Å²) in [5, 5.41) is 9.31. The van der Waals surface area contributed by atoms with Crippen LogP contribution in [-0.2, 0) is 26.1 Å². The highest BCUT2D eigenvalue weighted by molar-refractivity contribution is 5.97. The van der Waals surface area contributed by atoms with Crippen LogP contribution in [0.4, 0.5) is 4.39 Å². The maximum Gasteiger partial charge on any atom is 0.188 e. The standard InChI is InChI=1S/C31H34FN5O2/c1-23-2-4-25(5-3-23)20-35-14-16-36(17-15-35)21-28-19-34-31(29-18-26(10-12-33-29)30(39)22-38)37(28)13-11-24-6-8-27(32)9-7-24/h2-10,12,18-19,38H,11,13-17,20-22H2,1H3. The zero-order valence-corrected chi connectivity index (χ0v) is 22.3. The zero-order valence-electron chi connectivity index (χ0n) is 22.3. The highest BCUT2D eigenvalue weighted by Crippen LogP contribution is 2.22. The van der Waals surface area contributed by atoms with Crippen molar-refractivity contribution in [1.29, 1.82) is 0 Å². The molecule has 1 aliphatic heterocycles. The van der Waals surface area contributed by atoms with Crippen LogP contribution in [0, 0.1) is 12.7 Å². The normalized spacial score (nSPS) is 14.5. The molecule has 0 atom stereocenters. The van der Waals surface area contributed by atoms with Crippen molar-refractivity contribution < 1.29 is 14.3 Å². The lowest BCUT2D eigenvalue weighted by Gasteiger charge is -2.34. The lowest BCUT2D eigenvalue weighted by molar-refractivity contribution is 0.0903. The minimum Gasteiger partial charge on any atom is -0.388 e. The molecule has 1 saturated heterocycles. The third-order valence-corrected chi connectivity index (χ3v) is 7.31. The molecule has 39 heavy (non-hydrogen) atoms. The van der Waals surface area contributed by atoms with Crippen LogP contribution in [0.1, 0.15) is 32.7 Å². The fourth-order valence-corrected chi connectivity index (χ4v) is 4.99. The molecule has 1 fully saturated rings. The van der Waals surface area contributed by atoms with Crippen LogP contribution in [0.5, 0.6) is 0 Å². The number of halogens is 1. The number of nitrogens with zero attached hydrogens (tertiary/aromatic N) is 5. The van der Waals surface area contributed by atoms with E-state index in [4.69, 9.17) is 4.98 Å². The van der Waals surface area contributed by atoms with E-state index in [1.165, 1.54) is 23.3 Å². The smallest absolute Gasteiger partial charge is 0.188 e. The minimum absolute atomic E-state index is 0.251. The van der Waals surface area contributed by atoms with Gasteiger partial charge in [0.15, 0.2) is 11.6 Å². The van der Waals surface area contributed by atoms with Gasteiger partial charge in [0.25, 0.3) is 0 Å². The maximum atomic E-state index is 13.4. The molecule has 2 aromatic heterocycles. The van der Waals surface area contributed by atoms with Crippen LogP contribution in [0.2, 0.25) is 0 Å². The molecule has 0 aliphatic carbocycles. The first-order chi connectivity index (χ1) is 19.0. The second-order valence-corrected chi connectivity index (χ2v) is 10.2. The van der Waals surface area contributed by atoms with Crippen LogP contribution < -0.4 is 0 Å². The number of rotatable bonds is 10. The number of carbonyl (C=O) groups is 1. The Kier molecular flexibility index (Phi) is 8.56. The first-order valence-electron chi connectivity index (χ1n) is 13.4. The van der Waals surface area contributed by atoms with Gasteiger partial charge >= 0.3 is 0 Å². The monoisotopic (exact) mass is 527 g/mol. The first-order valence-corrected chi connectivity index (χ1v) is 13.4. The van der Waals surface area contributed by atoms with Crippen molar-refractivity contribution in [3.63, 3.8) is 0 Å². The molecule has 0 unspecified atom stereocenters. The van der Waals surface area contributed by atoms with Crippen molar-refractivity contribution in [2.24, 2.45) is 0 Å². The number of hydrogen-bond donors (Lipinski definition) is 1. The predicted molar refractivity (Wildman–Crippen MR) is 149 cm³/mol. The van der Waals surface area contributed by atoms with E-state index in [2.05, 4.69) is 50.5 Å². The first kappa shape index (κ1) is 26.9. The van der Waals surface area contributed by atoms with Gasteiger partial charge in [0.05, 0.1) is 11.9 Å². The largest absolute Gasteiger partial charge is 0.388 e. The van der Waals surface area contributed by atoms with E-state index in [-0.39, 0.29) is 11.6 Å². The summed E-state index contributed by atoms with van der Waals surface area (Å²) >= 11 is 0. The van der Waals surface area contributed by atoms with Gasteiger partial charge in [-0.25, -0.2) is 9.37 Å². The van der Waals surface area contributed by atoms with Crippen molar-refractivity contribution >= 4 is 5.78 Å². The fourth-order valence-electron chi connectivity index (χ4n) is 4.99. The summed E-state index contributed by atoms with van der Waals surface area (Å²) in [4.78, 5) is 26.2. The number of imidazole rings is 1. The van der Waals surface area contributed by atoms with Gasteiger partial charge in [0.1, 0.15) is 18.1 Å². The molecule has 0 bridgehead atoms. The summed E-state index contributed by atoms with van der Waals surface area (Å²) in [6.07, 6.45) is 4.17. The maximum absolute atomic E-state index is 13.4. The van der Waals surface area contributed by atoms with Gasteiger partial charge in [-0.3, -0.25) is 19.6 Å². The van der Waals surface area contributed by atoms with Gasteiger partial charge in [-0.05, 0) is 48.7 Å². The highest BCUT2D eigenvalue weighted by atomic mass is 19.1. The van der Waals surface area contributed by atoms with Crippen LogP contribution in [0.25, 0.3) is 11.5 Å². The van der Waals surface area contributed by atoms with E-state index in [1.807, 2.05) is 6.20 Å². The quantitative estimate of drug-likeness (QED) is 0.313. The number of piperazine rings is 1. The molecule has 0 spiro atoms.